The van der Waals surface area contributed by atoms with Crippen LogP contribution < -0.4 is 3.27 Å². The number of allylic oxidation sites excluding steroid dienone is 4. The molecule has 0 fully saturated rings. The Kier molecular flexibility index (Phi) is 8.58. The molecule has 0 heterocycles. The topological polar surface area (TPSA) is 0 Å². The fraction of sp³-hybridized carbons (Fsp3) is 0.326. The molecule has 224 valence electrons. The third-order valence-corrected chi connectivity index (χ3v) is 17.6. The molecule has 0 atom stereocenters. The quantitative estimate of drug-likeness (QED) is 0.171. The molecule has 0 amide bonds. The summed E-state index contributed by atoms with van der Waals surface area (Å²) in [7, 11) is 0. The van der Waals surface area contributed by atoms with Gasteiger partial charge < -0.3 is 0 Å². The van der Waals surface area contributed by atoms with Gasteiger partial charge in [0, 0.05) is 0 Å². The van der Waals surface area contributed by atoms with Gasteiger partial charge in [-0.1, -0.05) is 0 Å². The van der Waals surface area contributed by atoms with Crippen molar-refractivity contribution >= 4 is 6.48 Å². The second kappa shape index (κ2) is 12.1. The Morgan fingerprint density at radius 3 is 1.80 bits per heavy atom. The van der Waals surface area contributed by atoms with E-state index in [0.29, 0.717) is 0 Å². The summed E-state index contributed by atoms with van der Waals surface area (Å²) in [6.07, 6.45) is 11.5. The summed E-state index contributed by atoms with van der Waals surface area (Å²) in [4.78, 5) is 0. The molecule has 0 unspecified atom stereocenters. The fourth-order valence-electron chi connectivity index (χ4n) is 7.66. The van der Waals surface area contributed by atoms with Crippen molar-refractivity contribution in [1.29, 1.82) is 0 Å². The van der Waals surface area contributed by atoms with Gasteiger partial charge in [-0.15, -0.1) is 0 Å². The number of hydrogen-bond donors (Lipinski definition) is 0. The minimum absolute atomic E-state index is 0.0732. The second-order valence-electron chi connectivity index (χ2n) is 15.1. The maximum absolute atomic E-state index is 2.60. The van der Waals surface area contributed by atoms with Gasteiger partial charge in [-0.3, -0.25) is 0 Å². The van der Waals surface area contributed by atoms with Crippen LogP contribution in [0, 0.1) is 13.8 Å². The van der Waals surface area contributed by atoms with Gasteiger partial charge in [0.1, 0.15) is 0 Å². The molecule has 1 heteroatoms. The summed E-state index contributed by atoms with van der Waals surface area (Å²) in [5.74, 6) is 0. The Labute approximate surface area is 274 Å². The van der Waals surface area contributed by atoms with Crippen molar-refractivity contribution in [2.45, 2.75) is 91.9 Å². The van der Waals surface area contributed by atoms with E-state index >= 15 is 0 Å². The second-order valence-corrected chi connectivity index (χ2v) is 21.5. The third-order valence-electron chi connectivity index (χ3n) is 9.63. The molecule has 0 saturated heterocycles. The zero-order valence-corrected chi connectivity index (χ0v) is 30.5. The number of benzene rings is 4. The molecule has 0 radical (unpaired) electrons. The Morgan fingerprint density at radius 1 is 0.705 bits per heavy atom. The zero-order chi connectivity index (χ0) is 31.2. The molecule has 4 aromatic rings. The third kappa shape index (κ3) is 6.15. The maximum atomic E-state index is 2.60. The average Bonchev–Trinajstić information content (AvgIpc) is 3.61. The van der Waals surface area contributed by atoms with E-state index in [1.807, 2.05) is 0 Å². The van der Waals surface area contributed by atoms with Crippen LogP contribution in [0.4, 0.5) is 0 Å². The van der Waals surface area contributed by atoms with Gasteiger partial charge in [0.05, 0.1) is 0 Å². The van der Waals surface area contributed by atoms with E-state index in [1.54, 1.807) is 20.9 Å². The fourth-order valence-corrected chi connectivity index (χ4v) is 16.3. The van der Waals surface area contributed by atoms with Crippen LogP contribution in [0.5, 0.6) is 0 Å². The summed E-state index contributed by atoms with van der Waals surface area (Å²) in [6.45, 7) is 19.1. The normalized spacial score (nSPS) is 14.0. The van der Waals surface area contributed by atoms with E-state index in [1.165, 1.54) is 44.5 Å². The molecule has 2 aliphatic carbocycles. The van der Waals surface area contributed by atoms with Crippen LogP contribution in [0.1, 0.15) is 92.5 Å². The number of rotatable bonds is 6. The molecule has 0 aromatic heterocycles. The predicted molar refractivity (Wildman–Crippen MR) is 188 cm³/mol. The first-order chi connectivity index (χ1) is 20.9. The molecule has 4 aromatic carbocycles. The molecule has 0 N–H and O–H groups in total. The van der Waals surface area contributed by atoms with E-state index < -0.39 is 21.3 Å². The number of aryl methyl sites for hydroxylation is 1. The van der Waals surface area contributed by atoms with Crippen molar-refractivity contribution in [2.24, 2.45) is 0 Å². The Bertz CT molecular complexity index is 1760. The molecule has 6 rings (SSSR count). The number of hydrogen-bond acceptors (Lipinski definition) is 0. The van der Waals surface area contributed by atoms with Gasteiger partial charge in [0.2, 0.25) is 0 Å². The molecule has 0 bridgehead atoms. The summed E-state index contributed by atoms with van der Waals surface area (Å²) in [5, 5.41) is 0. The van der Waals surface area contributed by atoms with Gasteiger partial charge in [-0.25, -0.2) is 0 Å². The number of fused-ring (bicyclic) bond motifs is 3. The molecule has 2 aliphatic rings. The van der Waals surface area contributed by atoms with Crippen LogP contribution in [0.2, 0.25) is 0 Å². The molecule has 0 nitrogen and oxygen atoms in total. The standard InChI is InChI=1S/C23H29.C15H14.C5H5.Zr/c1-14-9-16-11-17-10-15(2)21(23(6,7)8)13-19(17)18(16)12-20(14)22(3,4)5;1-3-8-14(9-4-1)12-7-13-15-10-5-2-6-11-15;1-2-4-5-3-1;/h9,12-13H,11H2,1-8H3;1-6,8-11H,12-13H2;1-3H,4H2;. The van der Waals surface area contributed by atoms with Crippen LogP contribution in [-0.4, -0.2) is 3.21 Å². The van der Waals surface area contributed by atoms with Crippen molar-refractivity contribution in [3.05, 3.63) is 145 Å². The van der Waals surface area contributed by atoms with Crippen LogP contribution in [-0.2, 0) is 51.4 Å². The molecule has 44 heavy (non-hydrogen) atoms. The van der Waals surface area contributed by atoms with Crippen molar-refractivity contribution in [3.63, 3.8) is 0 Å². The summed E-state index contributed by atoms with van der Waals surface area (Å²) >= 11 is -2.60. The minimum atomic E-state index is -2.60. The molecule has 0 saturated carbocycles. The molecular weight excluding hydrogens is 608 g/mol. The first-order valence-corrected chi connectivity index (χ1v) is 20.1. The summed E-state index contributed by atoms with van der Waals surface area (Å²) < 4.78 is 5.28. The van der Waals surface area contributed by atoms with Crippen LogP contribution in [0.25, 0.3) is 11.1 Å². The predicted octanol–water partition coefficient (Wildman–Crippen LogP) is 10.2. The first-order valence-electron chi connectivity index (χ1n) is 16.4. The van der Waals surface area contributed by atoms with E-state index in [-0.39, 0.29) is 10.8 Å². The van der Waals surface area contributed by atoms with Gasteiger partial charge in [-0.05, 0) is 0 Å². The Morgan fingerprint density at radius 2 is 1.27 bits per heavy atom. The van der Waals surface area contributed by atoms with Crippen molar-refractivity contribution in [1.82, 2.24) is 0 Å². The van der Waals surface area contributed by atoms with Gasteiger partial charge in [0.15, 0.2) is 0 Å². The molecular formula is C43H48Zr. The first kappa shape index (κ1) is 31.1. The SMILES string of the molecule is Cc1cc2c(cc1C(C)(C)C)-c1cc(C(C)(C)C)c(C)[c]([Zr]([C]3=CC=CC3)=[C](Cc3ccccc3)Cc3ccccc3)c1C2. The van der Waals surface area contributed by atoms with Crippen LogP contribution in [0.15, 0.2) is 100 Å². The molecule has 0 aliphatic heterocycles. The van der Waals surface area contributed by atoms with Gasteiger partial charge in [0.25, 0.3) is 0 Å². The monoisotopic (exact) mass is 654 g/mol. The molecule has 0 spiro atoms. The van der Waals surface area contributed by atoms with E-state index in [0.717, 1.165) is 25.7 Å². The average molecular weight is 656 g/mol. The summed E-state index contributed by atoms with van der Waals surface area (Å²) in [5.41, 5.74) is 15.2. The Balaban J connectivity index is 1.68. The van der Waals surface area contributed by atoms with Crippen LogP contribution in [0.3, 0.4) is 0 Å². The van der Waals surface area contributed by atoms with Crippen LogP contribution >= 0.6 is 0 Å². The summed E-state index contributed by atoms with van der Waals surface area (Å²) in [6, 6.07) is 30.2. The van der Waals surface area contributed by atoms with E-state index in [4.69, 9.17) is 0 Å². The van der Waals surface area contributed by atoms with Crippen molar-refractivity contribution in [2.75, 3.05) is 0 Å². The zero-order valence-electron chi connectivity index (χ0n) is 28.1. The van der Waals surface area contributed by atoms with Gasteiger partial charge in [-0.2, -0.15) is 0 Å². The van der Waals surface area contributed by atoms with Crippen molar-refractivity contribution in [3.8, 4) is 11.1 Å². The Hall–Kier alpha value is -2.89. The van der Waals surface area contributed by atoms with E-state index in [2.05, 4.69) is 152 Å². The van der Waals surface area contributed by atoms with Gasteiger partial charge >= 0.3 is 276 Å². The van der Waals surface area contributed by atoms with E-state index in [9.17, 15) is 0 Å². The van der Waals surface area contributed by atoms with Crippen molar-refractivity contribution < 1.29 is 21.3 Å².